The summed E-state index contributed by atoms with van der Waals surface area (Å²) in [7, 11) is 0. The summed E-state index contributed by atoms with van der Waals surface area (Å²) >= 11 is 1.58. The third kappa shape index (κ3) is 3.07. The van der Waals surface area contributed by atoms with Crippen LogP contribution in [0.3, 0.4) is 0 Å². The summed E-state index contributed by atoms with van der Waals surface area (Å²) in [6.07, 6.45) is -2.53. The molecule has 0 aromatic heterocycles. The van der Waals surface area contributed by atoms with Crippen molar-refractivity contribution in [3.05, 3.63) is 0 Å². The molecule has 1 aliphatic rings. The first-order valence-corrected chi connectivity index (χ1v) is 6.22. The quantitative estimate of drug-likeness (QED) is 0.536. The molecule has 5 atom stereocenters. The highest BCUT2D eigenvalue weighted by atomic mass is 32.2. The lowest BCUT2D eigenvalue weighted by atomic mass is 9.83. The number of aliphatic hydroxyl groups excluding tert-OH is 4. The van der Waals surface area contributed by atoms with E-state index in [4.69, 9.17) is 5.11 Å². The predicted molar refractivity (Wildman–Crippen MR) is 59.7 cm³/mol. The Morgan fingerprint density at radius 2 is 1.73 bits per heavy atom. The van der Waals surface area contributed by atoms with Crippen molar-refractivity contribution < 1.29 is 20.4 Å². The van der Waals surface area contributed by atoms with Crippen molar-refractivity contribution >= 4 is 11.8 Å². The fourth-order valence-electron chi connectivity index (χ4n) is 1.95. The van der Waals surface area contributed by atoms with Crippen molar-refractivity contribution in [1.29, 1.82) is 0 Å². The zero-order valence-corrected chi connectivity index (χ0v) is 9.89. The monoisotopic (exact) mass is 236 g/mol. The van der Waals surface area contributed by atoms with Crippen molar-refractivity contribution in [2.24, 2.45) is 5.92 Å². The molecule has 1 fully saturated rings. The summed E-state index contributed by atoms with van der Waals surface area (Å²) in [5, 5.41) is 38.2. The van der Waals surface area contributed by atoms with Crippen LogP contribution in [0.15, 0.2) is 0 Å². The molecule has 0 aromatic carbocycles. The van der Waals surface area contributed by atoms with Crippen molar-refractivity contribution in [1.82, 2.24) is 0 Å². The fraction of sp³-hybridized carbons (Fsp3) is 1.00. The van der Waals surface area contributed by atoms with Gasteiger partial charge in [0.1, 0.15) is 6.10 Å². The molecule has 4 N–H and O–H groups in total. The predicted octanol–water partition coefficient (Wildman–Crippen LogP) is -0.408. The SMILES string of the molecule is CC(C)SC1CC(CO)C(O)C(O)C1O. The fourth-order valence-corrected chi connectivity index (χ4v) is 3.33. The van der Waals surface area contributed by atoms with Crippen LogP contribution in [0.5, 0.6) is 0 Å². The topological polar surface area (TPSA) is 80.9 Å². The van der Waals surface area contributed by atoms with E-state index >= 15 is 0 Å². The van der Waals surface area contributed by atoms with E-state index in [-0.39, 0.29) is 17.8 Å². The van der Waals surface area contributed by atoms with E-state index in [0.29, 0.717) is 11.7 Å². The normalized spacial score (nSPS) is 42.2. The Morgan fingerprint density at radius 3 is 2.20 bits per heavy atom. The Labute approximate surface area is 94.3 Å². The van der Waals surface area contributed by atoms with Crippen molar-refractivity contribution in [2.45, 2.75) is 49.1 Å². The Bertz CT molecular complexity index is 198. The van der Waals surface area contributed by atoms with Crippen LogP contribution in [-0.4, -0.2) is 55.8 Å². The van der Waals surface area contributed by atoms with E-state index in [1.54, 1.807) is 11.8 Å². The van der Waals surface area contributed by atoms with E-state index in [2.05, 4.69) is 0 Å². The number of hydrogen-bond donors (Lipinski definition) is 4. The van der Waals surface area contributed by atoms with Crippen molar-refractivity contribution in [3.8, 4) is 0 Å². The maximum atomic E-state index is 9.76. The standard InChI is InChI=1S/C10H20O4S/c1-5(2)15-7-3-6(4-11)8(12)10(14)9(7)13/h5-14H,3-4H2,1-2H3. The average Bonchev–Trinajstić information content (AvgIpc) is 2.18. The lowest BCUT2D eigenvalue weighted by Crippen LogP contribution is -2.53. The number of thioether (sulfide) groups is 1. The molecule has 1 saturated carbocycles. The smallest absolute Gasteiger partial charge is 0.107 e. The zero-order valence-electron chi connectivity index (χ0n) is 9.08. The number of aliphatic hydroxyl groups is 4. The van der Waals surface area contributed by atoms with Gasteiger partial charge in [0.05, 0.1) is 12.2 Å². The second-order valence-corrected chi connectivity index (χ2v) is 6.19. The van der Waals surface area contributed by atoms with Gasteiger partial charge in [-0.1, -0.05) is 13.8 Å². The average molecular weight is 236 g/mol. The largest absolute Gasteiger partial charge is 0.396 e. The van der Waals surface area contributed by atoms with Gasteiger partial charge >= 0.3 is 0 Å². The van der Waals surface area contributed by atoms with E-state index < -0.39 is 18.3 Å². The number of hydrogen-bond acceptors (Lipinski definition) is 5. The highest BCUT2D eigenvalue weighted by Gasteiger charge is 2.42. The van der Waals surface area contributed by atoms with E-state index in [9.17, 15) is 15.3 Å². The van der Waals surface area contributed by atoms with Crippen molar-refractivity contribution in [2.75, 3.05) is 6.61 Å². The molecule has 0 saturated heterocycles. The number of rotatable bonds is 3. The van der Waals surface area contributed by atoms with Gasteiger partial charge in [0.25, 0.3) is 0 Å². The molecule has 15 heavy (non-hydrogen) atoms. The Hall–Kier alpha value is 0.190. The molecule has 1 aliphatic carbocycles. The molecule has 5 heteroatoms. The second-order valence-electron chi connectivity index (χ2n) is 4.37. The van der Waals surface area contributed by atoms with Gasteiger partial charge in [0.15, 0.2) is 0 Å². The zero-order chi connectivity index (χ0) is 11.6. The van der Waals surface area contributed by atoms with Crippen LogP contribution >= 0.6 is 11.8 Å². The van der Waals surface area contributed by atoms with Gasteiger partial charge in [0, 0.05) is 17.8 Å². The molecular weight excluding hydrogens is 216 g/mol. The molecule has 0 radical (unpaired) electrons. The lowest BCUT2D eigenvalue weighted by molar-refractivity contribution is -0.114. The molecule has 90 valence electrons. The second kappa shape index (κ2) is 5.50. The van der Waals surface area contributed by atoms with Gasteiger partial charge in [-0.05, 0) is 11.7 Å². The molecule has 0 aliphatic heterocycles. The molecule has 0 spiro atoms. The van der Waals surface area contributed by atoms with Crippen LogP contribution in [0, 0.1) is 5.92 Å². The van der Waals surface area contributed by atoms with Gasteiger partial charge in [-0.15, -0.1) is 0 Å². The Balaban J connectivity index is 2.65. The minimum Gasteiger partial charge on any atom is -0.396 e. The van der Waals surface area contributed by atoms with Crippen LogP contribution in [0.25, 0.3) is 0 Å². The van der Waals surface area contributed by atoms with Crippen molar-refractivity contribution in [3.63, 3.8) is 0 Å². The summed E-state index contributed by atoms with van der Waals surface area (Å²) in [5.74, 6) is -0.334. The summed E-state index contributed by atoms with van der Waals surface area (Å²) in [6.45, 7) is 3.88. The van der Waals surface area contributed by atoms with Crippen LogP contribution in [0.1, 0.15) is 20.3 Å². The molecule has 0 heterocycles. The summed E-state index contributed by atoms with van der Waals surface area (Å²) in [4.78, 5) is 0. The molecule has 0 amide bonds. The summed E-state index contributed by atoms with van der Waals surface area (Å²) < 4.78 is 0. The molecule has 0 aromatic rings. The summed E-state index contributed by atoms with van der Waals surface area (Å²) in [6, 6.07) is 0. The van der Waals surface area contributed by atoms with Gasteiger partial charge < -0.3 is 20.4 Å². The Kier molecular flexibility index (Phi) is 4.86. The van der Waals surface area contributed by atoms with Crippen LogP contribution in [-0.2, 0) is 0 Å². The van der Waals surface area contributed by atoms with Gasteiger partial charge in [-0.2, -0.15) is 11.8 Å². The highest BCUT2D eigenvalue weighted by Crippen LogP contribution is 2.34. The van der Waals surface area contributed by atoms with Gasteiger partial charge in [0.2, 0.25) is 0 Å². The third-order valence-corrected chi connectivity index (χ3v) is 4.15. The minimum absolute atomic E-state index is 0.111. The first-order valence-electron chi connectivity index (χ1n) is 5.28. The first-order chi connectivity index (χ1) is 6.97. The maximum Gasteiger partial charge on any atom is 0.107 e. The van der Waals surface area contributed by atoms with E-state index in [1.165, 1.54) is 0 Å². The van der Waals surface area contributed by atoms with Gasteiger partial charge in [-0.25, -0.2) is 0 Å². The van der Waals surface area contributed by atoms with Crippen LogP contribution < -0.4 is 0 Å². The highest BCUT2D eigenvalue weighted by molar-refractivity contribution is 8.00. The van der Waals surface area contributed by atoms with E-state index in [1.807, 2.05) is 13.8 Å². The maximum absolute atomic E-state index is 9.76. The molecule has 0 bridgehead atoms. The molecule has 5 unspecified atom stereocenters. The van der Waals surface area contributed by atoms with Gasteiger partial charge in [-0.3, -0.25) is 0 Å². The third-order valence-electron chi connectivity index (χ3n) is 2.78. The Morgan fingerprint density at radius 1 is 1.13 bits per heavy atom. The molecule has 1 rings (SSSR count). The molecular formula is C10H20O4S. The molecule has 4 nitrogen and oxygen atoms in total. The lowest BCUT2D eigenvalue weighted by Gasteiger charge is -2.40. The van der Waals surface area contributed by atoms with Crippen LogP contribution in [0.2, 0.25) is 0 Å². The first kappa shape index (κ1) is 13.3. The van der Waals surface area contributed by atoms with Crippen LogP contribution in [0.4, 0.5) is 0 Å². The van der Waals surface area contributed by atoms with E-state index in [0.717, 1.165) is 0 Å². The minimum atomic E-state index is -1.15. The summed E-state index contributed by atoms with van der Waals surface area (Å²) in [5.41, 5.74) is 0.